The number of ketones is 1. The fourth-order valence-electron chi connectivity index (χ4n) is 2.44. The average Bonchev–Trinajstić information content (AvgIpc) is 2.92. The number of nitrogens with one attached hydrogen (secondary N) is 2. The highest BCUT2D eigenvalue weighted by Crippen LogP contribution is 2.21. The second-order valence-electron chi connectivity index (χ2n) is 6.49. The van der Waals surface area contributed by atoms with Gasteiger partial charge in [0.2, 0.25) is 15.9 Å². The van der Waals surface area contributed by atoms with Crippen molar-refractivity contribution in [1.29, 1.82) is 0 Å². The van der Waals surface area contributed by atoms with Crippen molar-refractivity contribution in [1.82, 2.24) is 10.0 Å². The van der Waals surface area contributed by atoms with E-state index in [1.54, 1.807) is 19.9 Å². The van der Waals surface area contributed by atoms with Crippen molar-refractivity contribution >= 4 is 21.7 Å². The molecule has 1 unspecified atom stereocenters. The normalized spacial score (nSPS) is 19.3. The van der Waals surface area contributed by atoms with Crippen molar-refractivity contribution in [2.24, 2.45) is 0 Å². The van der Waals surface area contributed by atoms with Gasteiger partial charge in [-0.1, -0.05) is 12.1 Å². The van der Waals surface area contributed by atoms with Gasteiger partial charge in [-0.25, -0.2) is 13.1 Å². The summed E-state index contributed by atoms with van der Waals surface area (Å²) in [7, 11) is -3.78. The minimum absolute atomic E-state index is 0.00987. The highest BCUT2D eigenvalue weighted by Gasteiger charge is 2.32. The lowest BCUT2D eigenvalue weighted by atomic mass is 10.2. The molecule has 2 N–H and O–H groups in total. The van der Waals surface area contributed by atoms with Crippen molar-refractivity contribution in [3.8, 4) is 0 Å². The van der Waals surface area contributed by atoms with Crippen LogP contribution in [0.4, 0.5) is 0 Å². The molecular weight excluding hydrogens is 360 g/mol. The monoisotopic (exact) mass is 384 g/mol. The highest BCUT2D eigenvalue weighted by atomic mass is 32.2. The van der Waals surface area contributed by atoms with Crippen molar-refractivity contribution in [3.63, 3.8) is 0 Å². The summed E-state index contributed by atoms with van der Waals surface area (Å²) in [5, 5.41) is 2.69. The molecular formula is C17H24N2O6S. The Labute approximate surface area is 153 Å². The molecule has 0 aliphatic carbocycles. The van der Waals surface area contributed by atoms with E-state index in [4.69, 9.17) is 9.47 Å². The molecule has 1 fully saturated rings. The topological polar surface area (TPSA) is 111 Å². The zero-order valence-corrected chi connectivity index (χ0v) is 15.9. The Bertz CT molecular complexity index is 775. The second-order valence-corrected chi connectivity index (χ2v) is 8.25. The zero-order valence-electron chi connectivity index (χ0n) is 15.1. The van der Waals surface area contributed by atoms with E-state index in [0.717, 1.165) is 0 Å². The van der Waals surface area contributed by atoms with Gasteiger partial charge in [-0.15, -0.1) is 0 Å². The number of hydrogen-bond acceptors (Lipinski definition) is 6. The summed E-state index contributed by atoms with van der Waals surface area (Å²) in [6.45, 7) is 5.60. The number of carbonyl (C=O) groups is 2. The quantitative estimate of drug-likeness (QED) is 0.642. The maximum absolute atomic E-state index is 12.2. The summed E-state index contributed by atoms with van der Waals surface area (Å²) in [5.41, 5.74) is 0.312. The lowest BCUT2D eigenvalue weighted by Gasteiger charge is -2.17. The van der Waals surface area contributed by atoms with E-state index in [1.165, 1.54) is 25.1 Å². The molecule has 1 aromatic carbocycles. The fourth-order valence-corrected chi connectivity index (χ4v) is 3.52. The predicted octanol–water partition coefficient (Wildman–Crippen LogP) is 0.825. The van der Waals surface area contributed by atoms with Crippen LogP contribution in [0.2, 0.25) is 0 Å². The second kappa shape index (κ2) is 8.26. The first-order chi connectivity index (χ1) is 12.1. The van der Waals surface area contributed by atoms with E-state index in [9.17, 15) is 18.0 Å². The Morgan fingerprint density at radius 2 is 2.04 bits per heavy atom. The third kappa shape index (κ3) is 5.87. The van der Waals surface area contributed by atoms with Gasteiger partial charge in [0.05, 0.1) is 11.5 Å². The van der Waals surface area contributed by atoms with Crippen LogP contribution in [-0.4, -0.2) is 51.7 Å². The largest absolute Gasteiger partial charge is 0.353 e. The Morgan fingerprint density at radius 1 is 1.31 bits per heavy atom. The number of rotatable bonds is 8. The van der Waals surface area contributed by atoms with Crippen molar-refractivity contribution in [2.45, 2.75) is 44.0 Å². The molecule has 1 amide bonds. The number of amides is 1. The van der Waals surface area contributed by atoms with Gasteiger partial charge in [-0.05, 0) is 32.9 Å². The van der Waals surface area contributed by atoms with Gasteiger partial charge in [0.1, 0.15) is 6.10 Å². The standard InChI is InChI=1S/C17H24N2O6S/c1-12(20)13-5-4-6-15(9-13)26(22,23)19-8-7-16(21)18-10-14-11-24-17(2,3)25-14/h4-6,9,14,19H,7-8,10-11H2,1-3H3,(H,18,21). The maximum atomic E-state index is 12.2. The maximum Gasteiger partial charge on any atom is 0.240 e. The summed E-state index contributed by atoms with van der Waals surface area (Å²) in [4.78, 5) is 23.2. The van der Waals surface area contributed by atoms with Crippen LogP contribution >= 0.6 is 0 Å². The van der Waals surface area contributed by atoms with Crippen LogP contribution in [0.1, 0.15) is 37.6 Å². The third-order valence-corrected chi connectivity index (χ3v) is 5.25. The van der Waals surface area contributed by atoms with Crippen molar-refractivity contribution in [2.75, 3.05) is 19.7 Å². The minimum Gasteiger partial charge on any atom is -0.353 e. The molecule has 1 heterocycles. The molecule has 1 aromatic rings. The van der Waals surface area contributed by atoms with E-state index in [1.807, 2.05) is 0 Å². The molecule has 0 aromatic heterocycles. The molecule has 1 atom stereocenters. The third-order valence-electron chi connectivity index (χ3n) is 3.79. The van der Waals surface area contributed by atoms with Crippen molar-refractivity contribution in [3.05, 3.63) is 29.8 Å². The van der Waals surface area contributed by atoms with E-state index >= 15 is 0 Å². The first-order valence-electron chi connectivity index (χ1n) is 8.28. The number of benzene rings is 1. The zero-order chi connectivity index (χ0) is 19.4. The van der Waals surface area contributed by atoms with E-state index in [-0.39, 0.29) is 35.7 Å². The lowest BCUT2D eigenvalue weighted by molar-refractivity contribution is -0.139. The molecule has 1 saturated heterocycles. The summed E-state index contributed by atoms with van der Waals surface area (Å²) in [5.74, 6) is -1.17. The number of sulfonamides is 1. The molecule has 0 spiro atoms. The smallest absolute Gasteiger partial charge is 0.240 e. The first-order valence-corrected chi connectivity index (χ1v) is 9.76. The Balaban J connectivity index is 1.78. The van der Waals surface area contributed by atoms with Gasteiger partial charge in [-0.2, -0.15) is 0 Å². The van der Waals surface area contributed by atoms with Gasteiger partial charge >= 0.3 is 0 Å². The summed E-state index contributed by atoms with van der Waals surface area (Å²) < 4.78 is 37.8. The van der Waals surface area contributed by atoms with Gasteiger partial charge < -0.3 is 14.8 Å². The fraction of sp³-hybridized carbons (Fsp3) is 0.529. The first kappa shape index (κ1) is 20.5. The lowest BCUT2D eigenvalue weighted by Crippen LogP contribution is -2.36. The van der Waals surface area contributed by atoms with Gasteiger partial charge in [0.15, 0.2) is 11.6 Å². The van der Waals surface area contributed by atoms with Gasteiger partial charge in [-0.3, -0.25) is 9.59 Å². The van der Waals surface area contributed by atoms with Gasteiger partial charge in [0, 0.05) is 25.1 Å². The summed E-state index contributed by atoms with van der Waals surface area (Å²) >= 11 is 0. The molecule has 0 saturated carbocycles. The van der Waals surface area contributed by atoms with Crippen molar-refractivity contribution < 1.29 is 27.5 Å². The molecule has 9 heteroatoms. The molecule has 144 valence electrons. The van der Waals surface area contributed by atoms with E-state index in [2.05, 4.69) is 10.0 Å². The van der Waals surface area contributed by atoms with Crippen LogP contribution in [0, 0.1) is 0 Å². The predicted molar refractivity (Wildman–Crippen MR) is 94.2 cm³/mol. The van der Waals surface area contributed by atoms with Crippen LogP contribution in [-0.2, 0) is 24.3 Å². The van der Waals surface area contributed by atoms with Crippen LogP contribution in [0.15, 0.2) is 29.2 Å². The Morgan fingerprint density at radius 3 is 2.65 bits per heavy atom. The minimum atomic E-state index is -3.78. The number of Topliss-reactive ketones (excluding diaryl/α,β-unsaturated/α-hetero) is 1. The Kier molecular flexibility index (Phi) is 6.51. The average molecular weight is 384 g/mol. The van der Waals surface area contributed by atoms with E-state index < -0.39 is 15.8 Å². The van der Waals surface area contributed by atoms with E-state index in [0.29, 0.717) is 18.7 Å². The molecule has 0 bridgehead atoms. The summed E-state index contributed by atoms with van der Waals surface area (Å²) in [6.07, 6.45) is -0.234. The van der Waals surface area contributed by atoms with Gasteiger partial charge in [0.25, 0.3) is 0 Å². The number of ether oxygens (including phenoxy) is 2. The van der Waals surface area contributed by atoms with Crippen LogP contribution in [0.25, 0.3) is 0 Å². The molecule has 1 aliphatic heterocycles. The number of carbonyl (C=O) groups excluding carboxylic acids is 2. The molecule has 2 rings (SSSR count). The van der Waals surface area contributed by atoms with Crippen LogP contribution in [0.5, 0.6) is 0 Å². The summed E-state index contributed by atoms with van der Waals surface area (Å²) in [6, 6.07) is 5.76. The molecule has 8 nitrogen and oxygen atoms in total. The van der Waals surface area contributed by atoms with Crippen LogP contribution < -0.4 is 10.0 Å². The van der Waals surface area contributed by atoms with Crippen LogP contribution in [0.3, 0.4) is 0 Å². The molecule has 0 radical (unpaired) electrons. The highest BCUT2D eigenvalue weighted by molar-refractivity contribution is 7.89. The molecule has 26 heavy (non-hydrogen) atoms. The number of hydrogen-bond donors (Lipinski definition) is 2. The molecule has 1 aliphatic rings. The SMILES string of the molecule is CC(=O)c1cccc(S(=O)(=O)NCCC(=O)NCC2COC(C)(C)O2)c1. The Hall–Kier alpha value is -1.81.